The molecule has 19 heteroatoms. The number of hydrogen-bond donors (Lipinski definition) is 0. The number of rotatable bonds is 20. The number of halogens is 3. The highest BCUT2D eigenvalue weighted by molar-refractivity contribution is 5.98. The molecule has 0 saturated carbocycles. The number of benzene rings is 8. The summed E-state index contributed by atoms with van der Waals surface area (Å²) in [6.07, 6.45) is 9.18. The SMILES string of the molecule is CN1CCN2c3c(cccc31)[C@@H]1CN(CCCC(=O)c3ccc(F)cc3)CC[C@@H]12.[2H]C1([2H])CN2c3c(cccc3N1C)[C@@H]1CN(CCCC(=O)c3ccc(F)cc3)CC[C@@H]12.[2H]C1([2H])CN2c3c(cccc3N1C)[C@@H]1CN(CCCC(=O)c3ccc(F)cc3)CC[C@@H]12.[2H]C1([2H])N(C)c2cccc3c2N([C@H]2CCN(CCCC(=O)c4ccc(C)cc4)C[C@@H]32)C1([2H])[2H]. The van der Waals surface area contributed by atoms with E-state index in [1.165, 1.54) is 87.2 Å². The van der Waals surface area contributed by atoms with Crippen LogP contribution < -0.4 is 39.2 Å². The van der Waals surface area contributed by atoms with Gasteiger partial charge in [0.2, 0.25) is 0 Å². The molecule has 0 radical (unpaired) electrons. The van der Waals surface area contributed by atoms with Gasteiger partial charge in [-0.3, -0.25) is 19.2 Å². The van der Waals surface area contributed by atoms with Crippen LogP contribution in [-0.4, -0.2) is 226 Å². The summed E-state index contributed by atoms with van der Waals surface area (Å²) in [5.41, 5.74) is 17.8. The summed E-state index contributed by atoms with van der Waals surface area (Å²) in [7, 11) is 7.53. The predicted octanol–water partition coefficient (Wildman–Crippen LogP) is 15.8. The maximum Gasteiger partial charge on any atom is 0.162 e. The average molecular weight is 1580 g/mol. The highest BCUT2D eigenvalue weighted by atomic mass is 19.1. The monoisotopic (exact) mass is 1580 g/mol. The molecule has 0 N–H and O–H groups in total. The number of likely N-dealkylation sites (tertiary alicyclic amines) is 4. The van der Waals surface area contributed by atoms with E-state index in [0.29, 0.717) is 91.3 Å². The van der Waals surface area contributed by atoms with E-state index >= 15 is 0 Å². The lowest BCUT2D eigenvalue weighted by Gasteiger charge is -2.41. The van der Waals surface area contributed by atoms with Gasteiger partial charge in [0.05, 0.1) is 56.5 Å². The molecule has 12 heterocycles. The number of para-hydroxylation sites is 4. The van der Waals surface area contributed by atoms with Gasteiger partial charge in [0.25, 0.3) is 0 Å². The molecule has 20 rings (SSSR count). The van der Waals surface area contributed by atoms with Gasteiger partial charge < -0.3 is 58.8 Å². The van der Waals surface area contributed by atoms with Crippen LogP contribution in [0.4, 0.5) is 58.7 Å². The molecule has 0 aromatic heterocycles. The number of Topliss-reactive ketones (excluding diaryl/α,β-unsaturated/α-hetero) is 4. The second-order valence-electron chi connectivity index (χ2n) is 33.9. The lowest BCUT2D eigenvalue weighted by Crippen LogP contribution is -2.49. The van der Waals surface area contributed by atoms with E-state index in [4.69, 9.17) is 11.0 Å². The lowest BCUT2D eigenvalue weighted by molar-refractivity contribution is 0.0963. The zero-order valence-electron chi connectivity index (χ0n) is 75.7. The van der Waals surface area contributed by atoms with Gasteiger partial charge in [-0.25, -0.2) is 13.2 Å². The molecular weight excluding hydrogens is 1450 g/mol. The summed E-state index contributed by atoms with van der Waals surface area (Å²) < 4.78 is 108. The lowest BCUT2D eigenvalue weighted by atomic mass is 9.89. The van der Waals surface area contributed by atoms with Crippen molar-refractivity contribution in [3.05, 3.63) is 237 Å². The van der Waals surface area contributed by atoms with E-state index in [1.807, 2.05) is 81.7 Å². The fraction of sp³-hybridized carbons (Fsp3) is 0.464. The maximum atomic E-state index is 13.1. The molecule has 0 bridgehead atoms. The number of ketones is 4. The standard InChI is InChI=1S/C25H31N3O.3C24H28FN3O/c1-18-8-10-19(11-9-18)24(29)7-4-13-27-14-12-22-21(17-27)20-5-3-6-23-25(20)28(22)16-15-26(23)2;3*1-26-14-15-28-21-11-13-27(16-20(21)19-4-2-5-22(26)24(19)28)12-3-6-23(29)17-7-9-18(25)10-8-17/h3,5-6,8-11,21-22H,4,7,12-17H2,1-2H3;3*2,4-5,7-10,20-21H,3,6,11-16H2,1H3/t21-,22-;3*20-,21-/m0000/s1/i15D2,16D2;2*14D2;. The number of fused-ring (bicyclic) bond motifs is 12. The maximum absolute atomic E-state index is 13.1. The van der Waals surface area contributed by atoms with Crippen LogP contribution in [0.1, 0.15) is 181 Å². The molecule has 0 aliphatic carbocycles. The van der Waals surface area contributed by atoms with Crippen molar-refractivity contribution in [1.82, 2.24) is 19.6 Å². The van der Waals surface area contributed by atoms with Crippen molar-refractivity contribution >= 4 is 68.6 Å². The number of aryl methyl sites for hydroxylation is 1. The highest BCUT2D eigenvalue weighted by Crippen LogP contribution is 2.55. The number of likely N-dealkylation sites (N-methyl/N-ethyl adjacent to an activating group) is 4. The normalized spacial score (nSPS) is 25.9. The highest BCUT2D eigenvalue weighted by Gasteiger charge is 2.49. The average Bonchev–Trinajstić information content (AvgIpc) is 1.56. The molecule has 12 aliphatic heterocycles. The van der Waals surface area contributed by atoms with Crippen LogP contribution >= 0.6 is 0 Å². The van der Waals surface area contributed by atoms with Gasteiger partial charge in [-0.05, 0) is 204 Å². The summed E-state index contributed by atoms with van der Waals surface area (Å²) >= 11 is 0. The van der Waals surface area contributed by atoms with Gasteiger partial charge in [-0.15, -0.1) is 0 Å². The molecule has 116 heavy (non-hydrogen) atoms. The molecular formula is C97H115F3N12O4. The first-order valence-electron chi connectivity index (χ1n) is 46.3. The Morgan fingerprint density at radius 1 is 0.319 bits per heavy atom. The van der Waals surface area contributed by atoms with Gasteiger partial charge in [0, 0.05) is 228 Å². The van der Waals surface area contributed by atoms with Crippen LogP contribution in [0, 0.1) is 24.4 Å². The van der Waals surface area contributed by atoms with E-state index in [2.05, 4.69) is 82.6 Å². The summed E-state index contributed by atoms with van der Waals surface area (Å²) in [6.45, 7) is 9.17. The number of carbonyl (C=O) groups is 4. The van der Waals surface area contributed by atoms with Gasteiger partial charge in [0.15, 0.2) is 23.1 Å². The summed E-state index contributed by atoms with van der Waals surface area (Å²) in [5.74, 6) is 0.921. The Morgan fingerprint density at radius 3 is 0.922 bits per heavy atom. The number of anilines is 8. The second-order valence-corrected chi connectivity index (χ2v) is 33.9. The minimum atomic E-state index is -2.12. The van der Waals surface area contributed by atoms with E-state index in [9.17, 15) is 32.3 Å². The van der Waals surface area contributed by atoms with Crippen molar-refractivity contribution in [2.24, 2.45) is 0 Å². The molecule has 0 amide bonds. The van der Waals surface area contributed by atoms with Crippen LogP contribution in [0.15, 0.2) is 170 Å². The first-order valence-corrected chi connectivity index (χ1v) is 42.3. The van der Waals surface area contributed by atoms with Crippen molar-refractivity contribution < 1.29 is 43.3 Å². The van der Waals surface area contributed by atoms with Gasteiger partial charge >= 0.3 is 0 Å². The van der Waals surface area contributed by atoms with Crippen molar-refractivity contribution in [1.29, 1.82) is 0 Å². The molecule has 8 aromatic carbocycles. The number of piperidine rings is 4. The van der Waals surface area contributed by atoms with Crippen LogP contribution in [-0.2, 0) is 0 Å². The third-order valence-electron chi connectivity index (χ3n) is 26.9. The third-order valence-corrected chi connectivity index (χ3v) is 26.9. The Kier molecular flexibility index (Phi) is 20.7. The van der Waals surface area contributed by atoms with Crippen molar-refractivity contribution in [2.75, 3.05) is 198 Å². The molecule has 12 aliphatic rings. The van der Waals surface area contributed by atoms with Crippen LogP contribution in [0.3, 0.4) is 0 Å². The molecule has 4 saturated heterocycles. The van der Waals surface area contributed by atoms with Crippen molar-refractivity contribution in [2.45, 2.75) is 132 Å². The fourth-order valence-corrected chi connectivity index (χ4v) is 20.9. The van der Waals surface area contributed by atoms with E-state index in [1.54, 1.807) is 58.1 Å². The van der Waals surface area contributed by atoms with Crippen LogP contribution in [0.25, 0.3) is 0 Å². The first kappa shape index (κ1) is 69.6. The smallest absolute Gasteiger partial charge is 0.162 e. The number of carbonyl (C=O) groups excluding carboxylic acids is 4. The van der Waals surface area contributed by atoms with Crippen LogP contribution in [0.5, 0.6) is 0 Å². The van der Waals surface area contributed by atoms with E-state index in [-0.39, 0.29) is 52.5 Å². The Bertz CT molecular complexity index is 5110. The zero-order valence-corrected chi connectivity index (χ0v) is 67.7. The minimum absolute atomic E-state index is 0.0506. The summed E-state index contributed by atoms with van der Waals surface area (Å²) in [4.78, 5) is 75.8. The molecule has 608 valence electrons. The first-order chi connectivity index (χ1) is 59.4. The third kappa shape index (κ3) is 16.2. The second kappa shape index (κ2) is 34.6. The Labute approximate surface area is 695 Å². The van der Waals surface area contributed by atoms with Gasteiger partial charge in [0.1, 0.15) is 17.5 Å². The number of hydrogen-bond acceptors (Lipinski definition) is 16. The van der Waals surface area contributed by atoms with Crippen LogP contribution in [0.2, 0.25) is 0 Å². The topological polar surface area (TPSA) is 107 Å². The van der Waals surface area contributed by atoms with Crippen molar-refractivity contribution in [3.8, 4) is 0 Å². The van der Waals surface area contributed by atoms with Gasteiger partial charge in [-0.1, -0.05) is 78.4 Å². The van der Waals surface area contributed by atoms with E-state index in [0.717, 1.165) is 176 Å². The molecule has 0 unspecified atom stereocenters. The predicted molar refractivity (Wildman–Crippen MR) is 463 cm³/mol. The van der Waals surface area contributed by atoms with Gasteiger partial charge in [-0.2, -0.15) is 0 Å². The number of nitrogens with zero attached hydrogens (tertiary/aromatic N) is 12. The molecule has 8 atom stereocenters. The summed E-state index contributed by atoms with van der Waals surface area (Å²) in [5, 5.41) is 0. The molecule has 8 aromatic rings. The van der Waals surface area contributed by atoms with Crippen molar-refractivity contribution in [3.63, 3.8) is 0 Å². The zero-order chi connectivity index (χ0) is 87.0. The fourth-order valence-electron chi connectivity index (χ4n) is 20.9. The molecule has 4 fully saturated rings. The largest absolute Gasteiger partial charge is 0.371 e. The quantitative estimate of drug-likeness (QED) is 0.0675. The summed E-state index contributed by atoms with van der Waals surface area (Å²) in [6, 6.07) is 51.7. The minimum Gasteiger partial charge on any atom is -0.371 e. The Balaban J connectivity index is 0.000000117. The Morgan fingerprint density at radius 2 is 0.595 bits per heavy atom. The Hall–Kier alpha value is -9.53. The molecule has 16 nitrogen and oxygen atoms in total. The van der Waals surface area contributed by atoms with E-state index < -0.39 is 26.0 Å². The molecule has 0 spiro atoms.